The minimum Gasteiger partial charge on any atom is -0.353 e. The molecule has 4 rings (SSSR count). The van der Waals surface area contributed by atoms with Crippen LogP contribution >= 0.6 is 23.4 Å². The van der Waals surface area contributed by atoms with E-state index in [1.54, 1.807) is 6.07 Å². The number of nitrogens with one attached hydrogen (secondary N) is 1. The number of thioether (sulfide) groups is 1. The standard InChI is InChI=1S/C19H26ClN5O2S/c20-15-11-16(23-19(22-15)28-12-17(26)21-14-5-6-14)24-7-9-25(10-8-24)18(27)13-3-1-2-4-13/h11,13-14H,1-10,12H2,(H,21,26). The lowest BCUT2D eigenvalue weighted by atomic mass is 10.1. The van der Waals surface area contributed by atoms with Crippen LogP contribution < -0.4 is 10.2 Å². The van der Waals surface area contributed by atoms with Crippen molar-refractivity contribution in [3.05, 3.63) is 11.2 Å². The van der Waals surface area contributed by atoms with E-state index in [-0.39, 0.29) is 11.8 Å². The summed E-state index contributed by atoms with van der Waals surface area (Å²) in [6.07, 6.45) is 6.57. The van der Waals surface area contributed by atoms with E-state index in [9.17, 15) is 9.59 Å². The molecule has 1 aromatic heterocycles. The van der Waals surface area contributed by atoms with E-state index in [1.165, 1.54) is 24.6 Å². The summed E-state index contributed by atoms with van der Waals surface area (Å²) >= 11 is 7.49. The Bertz CT molecular complexity index is 731. The molecule has 9 heteroatoms. The van der Waals surface area contributed by atoms with Gasteiger partial charge in [-0.05, 0) is 25.7 Å². The fourth-order valence-corrected chi connectivity index (χ4v) is 4.72. The number of amides is 2. The van der Waals surface area contributed by atoms with Crippen molar-refractivity contribution in [2.45, 2.75) is 49.7 Å². The maximum atomic E-state index is 12.6. The third-order valence-electron chi connectivity index (χ3n) is 5.56. The molecule has 2 saturated carbocycles. The van der Waals surface area contributed by atoms with Crippen LogP contribution in [-0.4, -0.2) is 64.7 Å². The van der Waals surface area contributed by atoms with E-state index < -0.39 is 0 Å². The molecule has 152 valence electrons. The molecule has 1 aromatic rings. The van der Waals surface area contributed by atoms with E-state index in [1.807, 2.05) is 4.90 Å². The monoisotopic (exact) mass is 423 g/mol. The van der Waals surface area contributed by atoms with Crippen LogP contribution in [0, 0.1) is 5.92 Å². The van der Waals surface area contributed by atoms with Crippen LogP contribution in [0.3, 0.4) is 0 Å². The van der Waals surface area contributed by atoms with E-state index in [0.29, 0.717) is 41.1 Å². The summed E-state index contributed by atoms with van der Waals surface area (Å²) in [4.78, 5) is 37.4. The van der Waals surface area contributed by atoms with Gasteiger partial charge in [0.2, 0.25) is 11.8 Å². The number of halogens is 1. The Balaban J connectivity index is 1.32. The van der Waals surface area contributed by atoms with Crippen molar-refractivity contribution in [3.8, 4) is 0 Å². The Morgan fingerprint density at radius 3 is 2.50 bits per heavy atom. The summed E-state index contributed by atoms with van der Waals surface area (Å²) in [5, 5.41) is 3.85. The van der Waals surface area contributed by atoms with Gasteiger partial charge in [0.1, 0.15) is 11.0 Å². The van der Waals surface area contributed by atoms with Gasteiger partial charge in [-0.2, -0.15) is 0 Å². The molecule has 0 radical (unpaired) electrons. The lowest BCUT2D eigenvalue weighted by Crippen LogP contribution is -2.50. The average molecular weight is 424 g/mol. The molecule has 2 amide bonds. The summed E-state index contributed by atoms with van der Waals surface area (Å²) in [6, 6.07) is 2.11. The van der Waals surface area contributed by atoms with Gasteiger partial charge in [0, 0.05) is 44.2 Å². The second-order valence-electron chi connectivity index (χ2n) is 7.76. The number of carbonyl (C=O) groups excluding carboxylic acids is 2. The summed E-state index contributed by atoms with van der Waals surface area (Å²) in [6.45, 7) is 2.89. The highest BCUT2D eigenvalue weighted by Crippen LogP contribution is 2.28. The first-order valence-corrected chi connectivity index (χ1v) is 11.5. The fraction of sp³-hybridized carbons (Fsp3) is 0.684. The van der Waals surface area contributed by atoms with Gasteiger partial charge in [0.25, 0.3) is 0 Å². The quantitative estimate of drug-likeness (QED) is 0.430. The Hall–Kier alpha value is -1.54. The number of nitrogens with zero attached hydrogens (tertiary/aromatic N) is 4. The molecule has 2 aliphatic carbocycles. The average Bonchev–Trinajstić information content (AvgIpc) is 3.34. The molecule has 1 aliphatic heterocycles. The third-order valence-corrected chi connectivity index (χ3v) is 6.60. The van der Waals surface area contributed by atoms with Gasteiger partial charge in [-0.3, -0.25) is 9.59 Å². The smallest absolute Gasteiger partial charge is 0.230 e. The topological polar surface area (TPSA) is 78.4 Å². The summed E-state index contributed by atoms with van der Waals surface area (Å²) in [5.74, 6) is 1.61. The van der Waals surface area contributed by atoms with E-state index in [0.717, 1.165) is 44.6 Å². The first kappa shape index (κ1) is 19.8. The highest BCUT2D eigenvalue weighted by atomic mass is 35.5. The molecular formula is C19H26ClN5O2S. The van der Waals surface area contributed by atoms with Gasteiger partial charge in [0.15, 0.2) is 5.16 Å². The second-order valence-corrected chi connectivity index (χ2v) is 9.09. The number of hydrogen-bond donors (Lipinski definition) is 1. The Morgan fingerprint density at radius 1 is 1.11 bits per heavy atom. The van der Waals surface area contributed by atoms with Crippen LogP contribution in [0.25, 0.3) is 0 Å². The number of hydrogen-bond acceptors (Lipinski definition) is 6. The van der Waals surface area contributed by atoms with Crippen molar-refractivity contribution >= 4 is 41.0 Å². The molecule has 3 aliphatic rings. The lowest BCUT2D eigenvalue weighted by Gasteiger charge is -2.36. The van der Waals surface area contributed by atoms with Crippen LogP contribution in [0.5, 0.6) is 0 Å². The normalized spacial score (nSPS) is 20.5. The van der Waals surface area contributed by atoms with Gasteiger partial charge >= 0.3 is 0 Å². The Labute approximate surface area is 174 Å². The van der Waals surface area contributed by atoms with Gasteiger partial charge < -0.3 is 15.1 Å². The Kier molecular flexibility index (Phi) is 6.25. The zero-order valence-corrected chi connectivity index (χ0v) is 17.5. The first-order chi connectivity index (χ1) is 13.6. The number of piperazine rings is 1. The lowest BCUT2D eigenvalue weighted by molar-refractivity contribution is -0.135. The SMILES string of the molecule is O=C(CSc1nc(Cl)cc(N2CCN(C(=O)C3CCCC3)CC2)n1)NC1CC1. The molecule has 0 atom stereocenters. The fourth-order valence-electron chi connectivity index (χ4n) is 3.83. The highest BCUT2D eigenvalue weighted by Gasteiger charge is 2.30. The molecular weight excluding hydrogens is 398 g/mol. The zero-order valence-electron chi connectivity index (χ0n) is 15.9. The second kappa shape index (κ2) is 8.86. The number of anilines is 1. The maximum absolute atomic E-state index is 12.6. The highest BCUT2D eigenvalue weighted by molar-refractivity contribution is 7.99. The minimum atomic E-state index is 0.0108. The molecule has 0 aromatic carbocycles. The van der Waals surface area contributed by atoms with Crippen LogP contribution in [0.15, 0.2) is 11.2 Å². The van der Waals surface area contributed by atoms with E-state index >= 15 is 0 Å². The van der Waals surface area contributed by atoms with Crippen molar-refractivity contribution < 1.29 is 9.59 Å². The van der Waals surface area contributed by atoms with Crippen molar-refractivity contribution in [2.75, 3.05) is 36.8 Å². The van der Waals surface area contributed by atoms with Gasteiger partial charge in [-0.25, -0.2) is 9.97 Å². The molecule has 28 heavy (non-hydrogen) atoms. The summed E-state index contributed by atoms with van der Waals surface area (Å²) in [7, 11) is 0. The van der Waals surface area contributed by atoms with Crippen LogP contribution in [0.1, 0.15) is 38.5 Å². The predicted molar refractivity (Wildman–Crippen MR) is 110 cm³/mol. The first-order valence-electron chi connectivity index (χ1n) is 10.1. The molecule has 0 unspecified atom stereocenters. The molecule has 3 fully saturated rings. The van der Waals surface area contributed by atoms with Crippen molar-refractivity contribution in [1.29, 1.82) is 0 Å². The molecule has 1 saturated heterocycles. The van der Waals surface area contributed by atoms with Gasteiger partial charge in [-0.1, -0.05) is 36.2 Å². The van der Waals surface area contributed by atoms with Crippen molar-refractivity contribution in [1.82, 2.24) is 20.2 Å². The number of rotatable bonds is 6. The summed E-state index contributed by atoms with van der Waals surface area (Å²) < 4.78 is 0. The summed E-state index contributed by atoms with van der Waals surface area (Å²) in [5.41, 5.74) is 0. The molecule has 0 spiro atoms. The van der Waals surface area contributed by atoms with Crippen molar-refractivity contribution in [3.63, 3.8) is 0 Å². The van der Waals surface area contributed by atoms with Crippen LogP contribution in [0.4, 0.5) is 5.82 Å². The third kappa shape index (κ3) is 5.08. The van der Waals surface area contributed by atoms with Crippen LogP contribution in [0.2, 0.25) is 5.15 Å². The van der Waals surface area contributed by atoms with E-state index in [4.69, 9.17) is 11.6 Å². The number of aromatic nitrogens is 2. The van der Waals surface area contributed by atoms with Gasteiger partial charge in [0.05, 0.1) is 5.75 Å². The zero-order chi connectivity index (χ0) is 19.5. The van der Waals surface area contributed by atoms with Gasteiger partial charge in [-0.15, -0.1) is 0 Å². The van der Waals surface area contributed by atoms with Crippen LogP contribution in [-0.2, 0) is 9.59 Å². The van der Waals surface area contributed by atoms with E-state index in [2.05, 4.69) is 20.2 Å². The predicted octanol–water partition coefficient (Wildman–Crippen LogP) is 2.34. The molecule has 2 heterocycles. The van der Waals surface area contributed by atoms with Crippen molar-refractivity contribution in [2.24, 2.45) is 5.92 Å². The molecule has 0 bridgehead atoms. The maximum Gasteiger partial charge on any atom is 0.230 e. The molecule has 7 nitrogen and oxygen atoms in total. The molecule has 1 N–H and O–H groups in total. The largest absolute Gasteiger partial charge is 0.353 e. The minimum absolute atomic E-state index is 0.0108. The Morgan fingerprint density at radius 2 is 1.82 bits per heavy atom. The number of carbonyl (C=O) groups is 2.